The zero-order chi connectivity index (χ0) is 21.6. The summed E-state index contributed by atoms with van der Waals surface area (Å²) >= 11 is 0. The average molecular weight is 416 g/mol. The first-order chi connectivity index (χ1) is 14.3. The van der Waals surface area contributed by atoms with Gasteiger partial charge in [-0.15, -0.1) is 0 Å². The van der Waals surface area contributed by atoms with Crippen LogP contribution in [-0.2, 0) is 11.2 Å². The van der Waals surface area contributed by atoms with Gasteiger partial charge in [0.15, 0.2) is 23.4 Å². The van der Waals surface area contributed by atoms with Crippen LogP contribution in [0.5, 0.6) is 34.5 Å². The van der Waals surface area contributed by atoms with Gasteiger partial charge in [0.2, 0.25) is 0 Å². The Hall–Kier alpha value is -3.13. The van der Waals surface area contributed by atoms with Crippen molar-refractivity contribution < 1.29 is 39.8 Å². The number of fused-ring (bicyclic) bond motifs is 3. The van der Waals surface area contributed by atoms with Crippen LogP contribution in [-0.4, -0.2) is 37.6 Å². The second-order valence-electron chi connectivity index (χ2n) is 7.80. The van der Waals surface area contributed by atoms with E-state index >= 15 is 0 Å². The molecular weight excluding hydrogens is 392 g/mol. The molecule has 2 aliphatic rings. The summed E-state index contributed by atoms with van der Waals surface area (Å²) in [5.74, 6) is -2.33. The Balaban J connectivity index is 1.76. The molecule has 160 valence electrons. The fourth-order valence-electron chi connectivity index (χ4n) is 4.19. The molecule has 30 heavy (non-hydrogen) atoms. The fourth-order valence-corrected chi connectivity index (χ4v) is 4.19. The molecular formula is C22H24O8. The van der Waals surface area contributed by atoms with Crippen molar-refractivity contribution in [3.8, 4) is 34.5 Å². The number of benzene rings is 2. The summed E-state index contributed by atoms with van der Waals surface area (Å²) < 4.78 is 11.4. The van der Waals surface area contributed by atoms with E-state index in [0.29, 0.717) is 17.5 Å². The minimum Gasteiger partial charge on any atom is -0.507 e. The fraction of sp³-hybridized carbons (Fsp3) is 0.409. The molecule has 0 fully saturated rings. The van der Waals surface area contributed by atoms with Crippen LogP contribution in [0.2, 0.25) is 0 Å². The van der Waals surface area contributed by atoms with Crippen molar-refractivity contribution in [2.45, 2.75) is 57.2 Å². The summed E-state index contributed by atoms with van der Waals surface area (Å²) in [6.07, 6.45) is 1.33. The Kier molecular flexibility index (Phi) is 5.11. The zero-order valence-corrected chi connectivity index (χ0v) is 16.5. The number of esters is 1. The van der Waals surface area contributed by atoms with E-state index in [9.17, 15) is 30.3 Å². The van der Waals surface area contributed by atoms with Crippen molar-refractivity contribution in [3.05, 3.63) is 34.9 Å². The molecule has 2 aliphatic heterocycles. The summed E-state index contributed by atoms with van der Waals surface area (Å²) in [5, 5.41) is 50.3. The highest BCUT2D eigenvalue weighted by Crippen LogP contribution is 2.52. The molecule has 8 nitrogen and oxygen atoms in total. The van der Waals surface area contributed by atoms with Gasteiger partial charge in [-0.1, -0.05) is 26.2 Å². The van der Waals surface area contributed by atoms with E-state index in [0.717, 1.165) is 19.3 Å². The number of aliphatic hydroxyl groups excluding tert-OH is 1. The number of phenolic OH excluding ortho intramolecular Hbond substituents is 4. The SMILES string of the molecule is CCCCCC1C(=O)Oc2cc(O)c3c(c21)OC(c1cc(O)c(O)c(O)c1)C(O)C3. The van der Waals surface area contributed by atoms with Crippen molar-refractivity contribution in [2.75, 3.05) is 0 Å². The van der Waals surface area contributed by atoms with Gasteiger partial charge in [-0.2, -0.15) is 0 Å². The van der Waals surface area contributed by atoms with Crippen LogP contribution >= 0.6 is 0 Å². The van der Waals surface area contributed by atoms with Gasteiger partial charge in [-0.3, -0.25) is 4.79 Å². The summed E-state index contributed by atoms with van der Waals surface area (Å²) in [7, 11) is 0. The quantitative estimate of drug-likeness (QED) is 0.217. The Morgan fingerprint density at radius 1 is 1.03 bits per heavy atom. The maximum atomic E-state index is 12.5. The number of carbonyl (C=O) groups excluding carboxylic acids is 1. The van der Waals surface area contributed by atoms with Gasteiger partial charge in [0.25, 0.3) is 0 Å². The van der Waals surface area contributed by atoms with Gasteiger partial charge in [0, 0.05) is 23.6 Å². The molecule has 0 aromatic heterocycles. The minimum absolute atomic E-state index is 0.0391. The molecule has 0 radical (unpaired) electrons. The summed E-state index contributed by atoms with van der Waals surface area (Å²) in [5.41, 5.74) is 1.17. The van der Waals surface area contributed by atoms with Crippen LogP contribution in [0.4, 0.5) is 0 Å². The first-order valence-corrected chi connectivity index (χ1v) is 10.0. The lowest BCUT2D eigenvalue weighted by Gasteiger charge is -2.33. The number of ether oxygens (including phenoxy) is 2. The predicted octanol–water partition coefficient (Wildman–Crippen LogP) is 3.13. The van der Waals surface area contributed by atoms with E-state index in [1.165, 1.54) is 18.2 Å². The lowest BCUT2D eigenvalue weighted by Crippen LogP contribution is -2.31. The van der Waals surface area contributed by atoms with Gasteiger partial charge in [-0.05, 0) is 18.6 Å². The van der Waals surface area contributed by atoms with Gasteiger partial charge < -0.3 is 35.0 Å². The van der Waals surface area contributed by atoms with E-state index in [1.807, 2.05) is 0 Å². The second kappa shape index (κ2) is 7.60. The molecule has 0 amide bonds. The first-order valence-electron chi connectivity index (χ1n) is 10.0. The van der Waals surface area contributed by atoms with Crippen LogP contribution in [0.1, 0.15) is 61.3 Å². The van der Waals surface area contributed by atoms with Crippen LogP contribution in [0, 0.1) is 0 Å². The number of aromatic hydroxyl groups is 4. The normalized spacial score (nSPS) is 22.2. The number of carbonyl (C=O) groups is 1. The molecule has 0 bridgehead atoms. The second-order valence-corrected chi connectivity index (χ2v) is 7.80. The van der Waals surface area contributed by atoms with Crippen molar-refractivity contribution in [2.24, 2.45) is 0 Å². The number of phenols is 4. The molecule has 2 aromatic carbocycles. The molecule has 0 spiro atoms. The third-order valence-electron chi connectivity index (χ3n) is 5.73. The van der Waals surface area contributed by atoms with E-state index in [1.54, 1.807) is 0 Å². The third-order valence-corrected chi connectivity index (χ3v) is 5.73. The highest BCUT2D eigenvalue weighted by molar-refractivity contribution is 5.88. The number of hydrogen-bond donors (Lipinski definition) is 5. The molecule has 2 aromatic rings. The number of unbranched alkanes of at least 4 members (excludes halogenated alkanes) is 2. The third kappa shape index (κ3) is 3.27. The van der Waals surface area contributed by atoms with Crippen molar-refractivity contribution in [1.82, 2.24) is 0 Å². The maximum Gasteiger partial charge on any atom is 0.319 e. The highest BCUT2D eigenvalue weighted by atomic mass is 16.5. The average Bonchev–Trinajstić information content (AvgIpc) is 3.01. The smallest absolute Gasteiger partial charge is 0.319 e. The van der Waals surface area contributed by atoms with Gasteiger partial charge >= 0.3 is 5.97 Å². The van der Waals surface area contributed by atoms with Gasteiger partial charge in [0.05, 0.1) is 17.6 Å². The molecule has 4 rings (SSSR count). The molecule has 0 saturated heterocycles. The van der Waals surface area contributed by atoms with Gasteiger partial charge in [-0.25, -0.2) is 0 Å². The molecule has 5 N–H and O–H groups in total. The van der Waals surface area contributed by atoms with Crippen LogP contribution in [0.3, 0.4) is 0 Å². The van der Waals surface area contributed by atoms with Gasteiger partial charge in [0.1, 0.15) is 17.2 Å². The topological polar surface area (TPSA) is 137 Å². The van der Waals surface area contributed by atoms with Crippen LogP contribution in [0.15, 0.2) is 18.2 Å². The molecule has 0 aliphatic carbocycles. The van der Waals surface area contributed by atoms with E-state index in [2.05, 4.69) is 6.92 Å². The van der Waals surface area contributed by atoms with Crippen LogP contribution < -0.4 is 9.47 Å². The molecule has 3 atom stereocenters. The Morgan fingerprint density at radius 3 is 2.40 bits per heavy atom. The number of rotatable bonds is 5. The Labute approximate surface area is 172 Å². The Bertz CT molecular complexity index is 976. The monoisotopic (exact) mass is 416 g/mol. The molecule has 0 saturated carbocycles. The summed E-state index contributed by atoms with van der Waals surface area (Å²) in [6, 6.07) is 3.76. The molecule has 3 unspecified atom stereocenters. The summed E-state index contributed by atoms with van der Waals surface area (Å²) in [6.45, 7) is 2.07. The molecule has 2 heterocycles. The number of hydrogen-bond acceptors (Lipinski definition) is 8. The lowest BCUT2D eigenvalue weighted by atomic mass is 9.87. The maximum absolute atomic E-state index is 12.5. The van der Waals surface area contributed by atoms with Crippen molar-refractivity contribution in [1.29, 1.82) is 0 Å². The van der Waals surface area contributed by atoms with Crippen LogP contribution in [0.25, 0.3) is 0 Å². The van der Waals surface area contributed by atoms with Crippen molar-refractivity contribution >= 4 is 5.97 Å². The standard InChI is InChI=1S/C22H24O8/c1-2-3-4-5-11-18-17(29-22(11)28)9-13(23)12-8-16(26)20(30-21(12)18)10-6-14(24)19(27)15(25)7-10/h6-7,9,11,16,20,23-27H,2-5,8H2,1H3. The molecule has 8 heteroatoms. The van der Waals surface area contributed by atoms with E-state index in [4.69, 9.17) is 9.47 Å². The Morgan fingerprint density at radius 2 is 1.73 bits per heavy atom. The highest BCUT2D eigenvalue weighted by Gasteiger charge is 2.42. The lowest BCUT2D eigenvalue weighted by molar-refractivity contribution is -0.134. The zero-order valence-electron chi connectivity index (χ0n) is 16.5. The first kappa shape index (κ1) is 20.2. The van der Waals surface area contributed by atoms with E-state index < -0.39 is 41.3 Å². The van der Waals surface area contributed by atoms with E-state index in [-0.39, 0.29) is 29.2 Å². The number of aliphatic hydroxyl groups is 1. The largest absolute Gasteiger partial charge is 0.507 e. The summed E-state index contributed by atoms with van der Waals surface area (Å²) in [4.78, 5) is 12.5. The minimum atomic E-state index is -1.10. The van der Waals surface area contributed by atoms with Crippen molar-refractivity contribution in [3.63, 3.8) is 0 Å². The predicted molar refractivity (Wildman–Crippen MR) is 105 cm³/mol.